The molecular weight excluding hydrogens is 349 g/mol. The van der Waals surface area contributed by atoms with Gasteiger partial charge in [-0.2, -0.15) is 4.39 Å². The molecule has 0 bridgehead atoms. The van der Waals surface area contributed by atoms with E-state index in [-0.39, 0.29) is 11.5 Å². The number of ether oxygens (including phenoxy) is 3. The highest BCUT2D eigenvalue weighted by Gasteiger charge is 2.24. The summed E-state index contributed by atoms with van der Waals surface area (Å²) in [6.45, 7) is 0. The zero-order valence-electron chi connectivity index (χ0n) is 14.4. The maximum Gasteiger partial charge on any atom is 0.304 e. The number of hydrogen-bond donors (Lipinski definition) is 0. The largest absolute Gasteiger partial charge is 0.494 e. The first-order valence-corrected chi connectivity index (χ1v) is 7.72. The number of benzene rings is 1. The number of fused-ring (bicyclic) bond motifs is 1. The van der Waals surface area contributed by atoms with Gasteiger partial charge in [-0.25, -0.2) is 13.8 Å². The van der Waals surface area contributed by atoms with Gasteiger partial charge in [0.15, 0.2) is 17.2 Å². The predicted molar refractivity (Wildman–Crippen MR) is 90.8 cm³/mol. The van der Waals surface area contributed by atoms with Crippen molar-refractivity contribution in [2.75, 3.05) is 14.2 Å². The molecule has 0 N–H and O–H groups in total. The minimum absolute atomic E-state index is 0.127. The fraction of sp³-hybridized carbons (Fsp3) is 0.278. The van der Waals surface area contributed by atoms with Gasteiger partial charge in [0.2, 0.25) is 0 Å². The number of methoxy groups -OCH3 is 2. The van der Waals surface area contributed by atoms with E-state index in [1.807, 2.05) is 6.07 Å². The second kappa shape index (κ2) is 7.15. The molecule has 0 spiro atoms. The Morgan fingerprint density at radius 1 is 1.04 bits per heavy atom. The highest BCUT2D eigenvalue weighted by Crippen LogP contribution is 2.41. The van der Waals surface area contributed by atoms with E-state index >= 15 is 0 Å². The summed E-state index contributed by atoms with van der Waals surface area (Å²) < 4.78 is 55.6. The highest BCUT2D eigenvalue weighted by molar-refractivity contribution is 5.93. The van der Waals surface area contributed by atoms with E-state index in [0.717, 1.165) is 5.39 Å². The average Bonchev–Trinajstić information content (AvgIpc) is 2.93. The van der Waals surface area contributed by atoms with Crippen molar-refractivity contribution < 1.29 is 27.4 Å². The van der Waals surface area contributed by atoms with Crippen molar-refractivity contribution in [2.45, 2.75) is 12.8 Å². The molecule has 0 amide bonds. The SMILES string of the molecule is COc1ccc(-c2c(OC)c3cccnc3n2C)cc1OC(F)C(F)F. The van der Waals surface area contributed by atoms with Gasteiger partial charge in [0.25, 0.3) is 6.36 Å². The monoisotopic (exact) mass is 366 g/mol. The summed E-state index contributed by atoms with van der Waals surface area (Å²) >= 11 is 0. The smallest absolute Gasteiger partial charge is 0.304 e. The van der Waals surface area contributed by atoms with Crippen molar-refractivity contribution in [3.05, 3.63) is 36.5 Å². The summed E-state index contributed by atoms with van der Waals surface area (Å²) in [5, 5.41) is 0.793. The van der Waals surface area contributed by atoms with Crippen LogP contribution in [0.5, 0.6) is 17.2 Å². The molecule has 3 aromatic rings. The van der Waals surface area contributed by atoms with Crippen LogP contribution >= 0.6 is 0 Å². The van der Waals surface area contributed by atoms with Crippen LogP contribution in [0.1, 0.15) is 0 Å². The van der Waals surface area contributed by atoms with Crippen LogP contribution in [0, 0.1) is 0 Å². The molecule has 1 unspecified atom stereocenters. The summed E-state index contributed by atoms with van der Waals surface area (Å²) in [5.74, 6) is 0.586. The Morgan fingerprint density at radius 3 is 2.46 bits per heavy atom. The predicted octanol–water partition coefficient (Wildman–Crippen LogP) is 4.20. The first kappa shape index (κ1) is 17.9. The van der Waals surface area contributed by atoms with E-state index in [4.69, 9.17) is 14.2 Å². The van der Waals surface area contributed by atoms with Crippen LogP contribution in [0.15, 0.2) is 36.5 Å². The summed E-state index contributed by atoms with van der Waals surface area (Å²) in [6, 6.07) is 8.31. The minimum Gasteiger partial charge on any atom is -0.494 e. The number of halogens is 3. The van der Waals surface area contributed by atoms with Gasteiger partial charge in [-0.15, -0.1) is 0 Å². The zero-order valence-corrected chi connectivity index (χ0v) is 14.4. The quantitative estimate of drug-likeness (QED) is 0.656. The molecule has 8 heteroatoms. The average molecular weight is 366 g/mol. The van der Waals surface area contributed by atoms with Crippen LogP contribution in [0.2, 0.25) is 0 Å². The molecule has 0 aliphatic heterocycles. The van der Waals surface area contributed by atoms with Gasteiger partial charge in [-0.1, -0.05) is 0 Å². The molecule has 3 rings (SSSR count). The van der Waals surface area contributed by atoms with Crippen LogP contribution in [0.4, 0.5) is 13.2 Å². The molecule has 1 atom stereocenters. The molecule has 0 aliphatic rings. The fourth-order valence-electron chi connectivity index (χ4n) is 2.85. The normalized spacial score (nSPS) is 12.4. The Kier molecular flexibility index (Phi) is 4.92. The third-order valence-electron chi connectivity index (χ3n) is 3.98. The highest BCUT2D eigenvalue weighted by atomic mass is 19.3. The topological polar surface area (TPSA) is 45.5 Å². The lowest BCUT2D eigenvalue weighted by molar-refractivity contribution is -0.0677. The molecule has 2 heterocycles. The molecular formula is C18H17F3N2O3. The Hall–Kier alpha value is -2.90. The number of nitrogens with zero attached hydrogens (tertiary/aromatic N) is 2. The summed E-state index contributed by atoms with van der Waals surface area (Å²) in [6.07, 6.45) is -4.36. The second-order valence-corrected chi connectivity index (χ2v) is 5.48. The lowest BCUT2D eigenvalue weighted by atomic mass is 10.1. The third-order valence-corrected chi connectivity index (χ3v) is 3.98. The third kappa shape index (κ3) is 3.02. The molecule has 0 fully saturated rings. The van der Waals surface area contributed by atoms with Crippen molar-refractivity contribution >= 4 is 11.0 Å². The molecule has 138 valence electrons. The Balaban J connectivity index is 2.16. The van der Waals surface area contributed by atoms with Crippen LogP contribution in [0.3, 0.4) is 0 Å². The van der Waals surface area contributed by atoms with Crippen molar-refractivity contribution in [1.29, 1.82) is 0 Å². The van der Waals surface area contributed by atoms with Gasteiger partial charge in [-0.3, -0.25) is 0 Å². The Bertz CT molecular complexity index is 927. The molecule has 1 aromatic carbocycles. The van der Waals surface area contributed by atoms with E-state index in [9.17, 15) is 13.2 Å². The molecule has 0 saturated heterocycles. The second-order valence-electron chi connectivity index (χ2n) is 5.48. The van der Waals surface area contributed by atoms with Gasteiger partial charge in [0, 0.05) is 18.8 Å². The summed E-state index contributed by atoms with van der Waals surface area (Å²) in [4.78, 5) is 4.33. The van der Waals surface area contributed by atoms with Gasteiger partial charge in [0.05, 0.1) is 25.3 Å². The summed E-state index contributed by atoms with van der Waals surface area (Å²) in [7, 11) is 4.68. The number of pyridine rings is 1. The van der Waals surface area contributed by atoms with Crippen molar-refractivity contribution in [1.82, 2.24) is 9.55 Å². The fourth-order valence-corrected chi connectivity index (χ4v) is 2.85. The van der Waals surface area contributed by atoms with Crippen LogP contribution in [-0.4, -0.2) is 36.6 Å². The molecule has 5 nitrogen and oxygen atoms in total. The lowest BCUT2D eigenvalue weighted by Gasteiger charge is -2.15. The van der Waals surface area contributed by atoms with Gasteiger partial charge in [0.1, 0.15) is 5.65 Å². The first-order chi connectivity index (χ1) is 12.5. The molecule has 0 aliphatic carbocycles. The van der Waals surface area contributed by atoms with E-state index in [0.29, 0.717) is 22.7 Å². The molecule has 0 radical (unpaired) electrons. The molecule has 0 saturated carbocycles. The van der Waals surface area contributed by atoms with Crippen molar-refractivity contribution in [3.63, 3.8) is 0 Å². The zero-order chi connectivity index (χ0) is 18.8. The molecule has 2 aromatic heterocycles. The van der Waals surface area contributed by atoms with E-state index in [1.54, 1.807) is 29.9 Å². The maximum absolute atomic E-state index is 13.4. The molecule has 26 heavy (non-hydrogen) atoms. The van der Waals surface area contributed by atoms with Crippen LogP contribution < -0.4 is 14.2 Å². The lowest BCUT2D eigenvalue weighted by Crippen LogP contribution is -2.19. The number of alkyl halides is 3. The number of hydrogen-bond acceptors (Lipinski definition) is 4. The minimum atomic E-state index is -3.26. The Labute approximate surface area is 147 Å². The number of aromatic nitrogens is 2. The van der Waals surface area contributed by atoms with Gasteiger partial charge < -0.3 is 18.8 Å². The summed E-state index contributed by atoms with van der Waals surface area (Å²) in [5.41, 5.74) is 1.93. The van der Waals surface area contributed by atoms with E-state index < -0.39 is 12.8 Å². The van der Waals surface area contributed by atoms with E-state index in [2.05, 4.69) is 4.98 Å². The first-order valence-electron chi connectivity index (χ1n) is 7.72. The maximum atomic E-state index is 13.4. The van der Waals surface area contributed by atoms with Gasteiger partial charge in [-0.05, 0) is 30.3 Å². The van der Waals surface area contributed by atoms with E-state index in [1.165, 1.54) is 26.4 Å². The Morgan fingerprint density at radius 2 is 1.81 bits per heavy atom. The van der Waals surface area contributed by atoms with Crippen LogP contribution in [-0.2, 0) is 7.05 Å². The van der Waals surface area contributed by atoms with Crippen LogP contribution in [0.25, 0.3) is 22.3 Å². The van der Waals surface area contributed by atoms with Gasteiger partial charge >= 0.3 is 6.43 Å². The van der Waals surface area contributed by atoms with Crippen molar-refractivity contribution in [3.8, 4) is 28.5 Å². The number of rotatable bonds is 6. The standard InChI is InChI=1S/C18H17F3N2O3/c1-23-14(15(25-3)11-5-4-8-22-18(11)23)10-6-7-12(24-2)13(9-10)26-17(21)16(19)20/h4-9,16-17H,1-3H3. The van der Waals surface area contributed by atoms with Crippen molar-refractivity contribution in [2.24, 2.45) is 7.05 Å². The number of aryl methyl sites for hydroxylation is 1.